The molecule has 5 nitrogen and oxygen atoms in total. The Bertz CT molecular complexity index is 353. The number of hydrogen-bond acceptors (Lipinski definition) is 5. The van der Waals surface area contributed by atoms with Crippen LogP contribution in [0.25, 0.3) is 0 Å². The van der Waals surface area contributed by atoms with E-state index >= 15 is 0 Å². The predicted molar refractivity (Wildman–Crippen MR) is 118 cm³/mol. The van der Waals surface area contributed by atoms with Crippen LogP contribution in [0, 0.1) is 5.92 Å². The molecular weight excluding hydrogens is 368 g/mol. The van der Waals surface area contributed by atoms with Gasteiger partial charge in [0.15, 0.2) is 5.79 Å². The first-order valence-electron chi connectivity index (χ1n) is 12.3. The average molecular weight is 417 g/mol. The van der Waals surface area contributed by atoms with Gasteiger partial charge in [-0.3, -0.25) is 0 Å². The quantitative estimate of drug-likeness (QED) is 0.128. The van der Waals surface area contributed by atoms with Crippen LogP contribution in [0.5, 0.6) is 0 Å². The van der Waals surface area contributed by atoms with Gasteiger partial charge in [-0.1, -0.05) is 45.4 Å². The second-order valence-corrected chi connectivity index (χ2v) is 8.05. The Morgan fingerprint density at radius 1 is 0.793 bits per heavy atom. The van der Waals surface area contributed by atoms with E-state index in [4.69, 9.17) is 23.7 Å². The van der Waals surface area contributed by atoms with E-state index in [9.17, 15) is 0 Å². The second kappa shape index (κ2) is 17.5. The molecule has 1 fully saturated rings. The molecule has 0 radical (unpaired) electrons. The fraction of sp³-hybridized carbons (Fsp3) is 1.00. The van der Waals surface area contributed by atoms with Crippen molar-refractivity contribution in [2.45, 2.75) is 104 Å². The van der Waals surface area contributed by atoms with E-state index in [1.165, 1.54) is 38.5 Å². The molecule has 2 unspecified atom stereocenters. The maximum Gasteiger partial charge on any atom is 0.173 e. The van der Waals surface area contributed by atoms with Gasteiger partial charge in [-0.15, -0.1) is 0 Å². The van der Waals surface area contributed by atoms with Crippen LogP contribution in [-0.2, 0) is 23.7 Å². The third-order valence-corrected chi connectivity index (χ3v) is 5.65. The Balaban J connectivity index is 2.62. The minimum atomic E-state index is -0.540. The zero-order valence-electron chi connectivity index (χ0n) is 19.7. The summed E-state index contributed by atoms with van der Waals surface area (Å²) in [5, 5.41) is 0. The maximum atomic E-state index is 6.32. The molecule has 1 heterocycles. The highest BCUT2D eigenvalue weighted by molar-refractivity contribution is 4.81. The summed E-state index contributed by atoms with van der Waals surface area (Å²) in [6.07, 6.45) is 12.2. The van der Waals surface area contributed by atoms with E-state index < -0.39 is 5.79 Å². The van der Waals surface area contributed by atoms with Gasteiger partial charge >= 0.3 is 0 Å². The highest BCUT2D eigenvalue weighted by atomic mass is 16.7. The van der Waals surface area contributed by atoms with Crippen LogP contribution in [0.1, 0.15) is 91.9 Å². The first-order chi connectivity index (χ1) is 14.2. The molecule has 0 aliphatic carbocycles. The van der Waals surface area contributed by atoms with Crippen LogP contribution >= 0.6 is 0 Å². The molecule has 0 aromatic rings. The molecule has 0 aromatic carbocycles. The van der Waals surface area contributed by atoms with Crippen LogP contribution in [0.15, 0.2) is 0 Å². The molecule has 0 aromatic heterocycles. The topological polar surface area (TPSA) is 49.5 Å². The summed E-state index contributed by atoms with van der Waals surface area (Å²) >= 11 is 0. The normalized spacial score (nSPS) is 17.6. The van der Waals surface area contributed by atoms with Crippen molar-refractivity contribution in [3.8, 4) is 0 Å². The van der Waals surface area contributed by atoms with Crippen LogP contribution < -0.4 is 0 Å². The zero-order chi connectivity index (χ0) is 21.2. The molecule has 0 amide bonds. The van der Waals surface area contributed by atoms with Crippen molar-refractivity contribution in [1.29, 1.82) is 0 Å². The zero-order valence-corrected chi connectivity index (χ0v) is 19.7. The Morgan fingerprint density at radius 2 is 1.45 bits per heavy atom. The molecule has 2 atom stereocenters. The lowest BCUT2D eigenvalue weighted by molar-refractivity contribution is -0.274. The highest BCUT2D eigenvalue weighted by Gasteiger charge is 2.39. The fourth-order valence-corrected chi connectivity index (χ4v) is 4.04. The summed E-state index contributed by atoms with van der Waals surface area (Å²) < 4.78 is 29.3. The fourth-order valence-electron chi connectivity index (χ4n) is 4.04. The largest absolute Gasteiger partial charge is 0.382 e. The number of unbranched alkanes of at least 4 members (excludes halogenated alkanes) is 5. The summed E-state index contributed by atoms with van der Waals surface area (Å²) in [7, 11) is 0. The summed E-state index contributed by atoms with van der Waals surface area (Å²) in [6, 6.07) is 0. The van der Waals surface area contributed by atoms with Crippen molar-refractivity contribution in [3.05, 3.63) is 0 Å². The molecule has 0 bridgehead atoms. The number of hydrogen-bond donors (Lipinski definition) is 0. The van der Waals surface area contributed by atoms with E-state index in [-0.39, 0.29) is 0 Å². The molecular formula is C24H48O5. The van der Waals surface area contributed by atoms with Gasteiger partial charge in [-0.25, -0.2) is 0 Å². The van der Waals surface area contributed by atoms with Gasteiger partial charge < -0.3 is 23.7 Å². The van der Waals surface area contributed by atoms with Crippen molar-refractivity contribution in [2.24, 2.45) is 5.92 Å². The number of rotatable bonds is 22. The van der Waals surface area contributed by atoms with E-state index in [0.717, 1.165) is 52.1 Å². The van der Waals surface area contributed by atoms with Gasteiger partial charge in [-0.2, -0.15) is 0 Å². The van der Waals surface area contributed by atoms with E-state index in [1.54, 1.807) is 0 Å². The molecule has 1 rings (SSSR count). The minimum Gasteiger partial charge on any atom is -0.382 e. The summed E-state index contributed by atoms with van der Waals surface area (Å²) in [4.78, 5) is 0. The van der Waals surface area contributed by atoms with E-state index in [2.05, 4.69) is 20.8 Å². The van der Waals surface area contributed by atoms with Gasteiger partial charge in [0.1, 0.15) is 6.10 Å². The molecule has 1 aliphatic heterocycles. The molecule has 0 N–H and O–H groups in total. The van der Waals surface area contributed by atoms with Gasteiger partial charge in [0.05, 0.1) is 19.8 Å². The first-order valence-corrected chi connectivity index (χ1v) is 12.3. The Hall–Kier alpha value is -0.200. The van der Waals surface area contributed by atoms with Crippen LogP contribution in [0.2, 0.25) is 0 Å². The van der Waals surface area contributed by atoms with Crippen LogP contribution in [0.4, 0.5) is 0 Å². The van der Waals surface area contributed by atoms with Crippen molar-refractivity contribution >= 4 is 0 Å². The van der Waals surface area contributed by atoms with Crippen LogP contribution in [-0.4, -0.2) is 58.1 Å². The molecule has 29 heavy (non-hydrogen) atoms. The Labute approximate surface area is 180 Å². The molecule has 174 valence electrons. The first kappa shape index (κ1) is 26.8. The van der Waals surface area contributed by atoms with Crippen molar-refractivity contribution in [2.75, 3.05) is 46.2 Å². The lowest BCUT2D eigenvalue weighted by atomic mass is 9.85. The van der Waals surface area contributed by atoms with Gasteiger partial charge in [0.2, 0.25) is 0 Å². The van der Waals surface area contributed by atoms with Crippen molar-refractivity contribution < 1.29 is 23.7 Å². The molecule has 0 saturated carbocycles. The van der Waals surface area contributed by atoms with E-state index in [0.29, 0.717) is 31.8 Å². The van der Waals surface area contributed by atoms with Crippen molar-refractivity contribution in [3.63, 3.8) is 0 Å². The van der Waals surface area contributed by atoms with Crippen LogP contribution in [0.3, 0.4) is 0 Å². The standard InChI is InChI=1S/C24H48O5/c1-5-9-10-11-12-13-15-22(16-14-18-26-20-23-21-27-23)24(28-7-3,29-8-4)17-19-25-6-2/h22-23H,5-21H2,1-4H3. The SMILES string of the molecule is CCCCCCCCC(CCCOCC1CO1)C(CCOCC)(OCC)OCC. The summed E-state index contributed by atoms with van der Waals surface area (Å²) in [5.74, 6) is -0.170. The highest BCUT2D eigenvalue weighted by Crippen LogP contribution is 2.35. The Kier molecular flexibility index (Phi) is 16.2. The average Bonchev–Trinajstić information content (AvgIpc) is 3.53. The van der Waals surface area contributed by atoms with Gasteiger partial charge in [0.25, 0.3) is 0 Å². The van der Waals surface area contributed by atoms with Gasteiger partial charge in [0, 0.05) is 38.8 Å². The Morgan fingerprint density at radius 3 is 2.07 bits per heavy atom. The smallest absolute Gasteiger partial charge is 0.173 e. The van der Waals surface area contributed by atoms with Crippen molar-refractivity contribution in [1.82, 2.24) is 0 Å². The molecule has 1 saturated heterocycles. The monoisotopic (exact) mass is 416 g/mol. The minimum absolute atomic E-state index is 0.339. The molecule has 0 spiro atoms. The second-order valence-electron chi connectivity index (χ2n) is 8.05. The third kappa shape index (κ3) is 12.3. The number of ether oxygens (including phenoxy) is 5. The lowest BCUT2D eigenvalue weighted by Crippen LogP contribution is -2.45. The van der Waals surface area contributed by atoms with Gasteiger partial charge in [-0.05, 0) is 40.0 Å². The number of epoxide rings is 1. The summed E-state index contributed by atoms with van der Waals surface area (Å²) in [6.45, 7) is 13.5. The molecule has 1 aliphatic rings. The molecule has 5 heteroatoms. The lowest BCUT2D eigenvalue weighted by Gasteiger charge is -2.40. The van der Waals surface area contributed by atoms with E-state index in [1.807, 2.05) is 6.92 Å². The predicted octanol–water partition coefficient (Wildman–Crippen LogP) is 5.74. The third-order valence-electron chi connectivity index (χ3n) is 5.65. The maximum absolute atomic E-state index is 6.32. The summed E-state index contributed by atoms with van der Waals surface area (Å²) in [5.41, 5.74) is 0.